The summed E-state index contributed by atoms with van der Waals surface area (Å²) >= 11 is 6.19. The molecule has 0 spiro atoms. The number of anilines is 2. The SMILES string of the molecule is Cc1c(NC(=O)C(C)OC(=O)c2cc(S(=O)(=O)N(C)c3ccccc3)ccc2Cl)c(=O)n(-c2ccccc2)n1C. The van der Waals surface area contributed by atoms with E-state index in [0.717, 1.165) is 10.4 Å². The molecule has 0 bridgehead atoms. The van der Waals surface area contributed by atoms with Gasteiger partial charge in [0, 0.05) is 14.1 Å². The van der Waals surface area contributed by atoms with E-state index in [-0.39, 0.29) is 21.2 Å². The summed E-state index contributed by atoms with van der Waals surface area (Å²) in [6.07, 6.45) is -1.33. The predicted molar refractivity (Wildman–Crippen MR) is 153 cm³/mol. The van der Waals surface area contributed by atoms with E-state index >= 15 is 0 Å². The van der Waals surface area contributed by atoms with Crippen molar-refractivity contribution in [3.8, 4) is 5.69 Å². The minimum Gasteiger partial charge on any atom is -0.449 e. The Morgan fingerprint density at radius 3 is 2.23 bits per heavy atom. The van der Waals surface area contributed by atoms with Gasteiger partial charge in [-0.3, -0.25) is 18.6 Å². The lowest BCUT2D eigenvalue weighted by atomic mass is 10.2. The van der Waals surface area contributed by atoms with Crippen LogP contribution in [-0.4, -0.2) is 42.8 Å². The second-order valence-electron chi connectivity index (χ2n) is 8.92. The zero-order chi connectivity index (χ0) is 29.2. The summed E-state index contributed by atoms with van der Waals surface area (Å²) in [6, 6.07) is 21.0. The van der Waals surface area contributed by atoms with E-state index in [1.807, 2.05) is 6.07 Å². The Morgan fingerprint density at radius 1 is 1.00 bits per heavy atom. The van der Waals surface area contributed by atoms with E-state index in [9.17, 15) is 22.8 Å². The normalized spacial score (nSPS) is 12.0. The van der Waals surface area contributed by atoms with Crippen LogP contribution < -0.4 is 15.2 Å². The molecular formula is C28H27ClN4O6S. The van der Waals surface area contributed by atoms with E-state index in [4.69, 9.17) is 16.3 Å². The number of hydrogen-bond acceptors (Lipinski definition) is 6. The molecule has 40 heavy (non-hydrogen) atoms. The van der Waals surface area contributed by atoms with Crippen molar-refractivity contribution in [1.82, 2.24) is 9.36 Å². The monoisotopic (exact) mass is 582 g/mol. The lowest BCUT2D eigenvalue weighted by molar-refractivity contribution is -0.123. The van der Waals surface area contributed by atoms with Crippen LogP contribution in [0, 0.1) is 6.92 Å². The number of nitrogens with zero attached hydrogens (tertiary/aromatic N) is 3. The molecule has 0 fully saturated rings. The first-order chi connectivity index (χ1) is 18.9. The summed E-state index contributed by atoms with van der Waals surface area (Å²) in [7, 11) is -0.965. The Labute approximate surface area is 236 Å². The van der Waals surface area contributed by atoms with E-state index in [1.54, 1.807) is 73.3 Å². The van der Waals surface area contributed by atoms with Crippen LogP contribution >= 0.6 is 11.6 Å². The molecule has 0 aliphatic heterocycles. The lowest BCUT2D eigenvalue weighted by Gasteiger charge is -2.20. The molecule has 3 aromatic carbocycles. The Kier molecular flexibility index (Phi) is 8.17. The Morgan fingerprint density at radius 2 is 1.60 bits per heavy atom. The van der Waals surface area contributed by atoms with Gasteiger partial charge >= 0.3 is 5.97 Å². The van der Waals surface area contributed by atoms with Crippen LogP contribution in [-0.2, 0) is 26.6 Å². The van der Waals surface area contributed by atoms with Crippen molar-refractivity contribution in [3.05, 3.63) is 105 Å². The number of amides is 1. The van der Waals surface area contributed by atoms with Gasteiger partial charge in [0.1, 0.15) is 5.69 Å². The van der Waals surface area contributed by atoms with Crippen molar-refractivity contribution in [3.63, 3.8) is 0 Å². The second-order valence-corrected chi connectivity index (χ2v) is 11.3. The van der Waals surface area contributed by atoms with E-state index in [1.165, 1.54) is 30.8 Å². The van der Waals surface area contributed by atoms with Crippen molar-refractivity contribution in [2.75, 3.05) is 16.7 Å². The van der Waals surface area contributed by atoms with Gasteiger partial charge in [-0.15, -0.1) is 0 Å². The summed E-state index contributed by atoms with van der Waals surface area (Å²) in [5.74, 6) is -1.75. The summed E-state index contributed by atoms with van der Waals surface area (Å²) in [5, 5.41) is 2.49. The largest absolute Gasteiger partial charge is 0.449 e. The van der Waals surface area contributed by atoms with Crippen molar-refractivity contribution in [2.45, 2.75) is 24.8 Å². The minimum atomic E-state index is -4.04. The van der Waals surface area contributed by atoms with Gasteiger partial charge in [0.05, 0.1) is 32.6 Å². The average Bonchev–Trinajstić information content (AvgIpc) is 3.16. The van der Waals surface area contributed by atoms with Crippen LogP contribution in [0.4, 0.5) is 11.4 Å². The zero-order valence-electron chi connectivity index (χ0n) is 22.2. The van der Waals surface area contributed by atoms with Gasteiger partial charge < -0.3 is 10.1 Å². The topological polar surface area (TPSA) is 120 Å². The number of esters is 1. The molecule has 10 nitrogen and oxygen atoms in total. The summed E-state index contributed by atoms with van der Waals surface area (Å²) < 4.78 is 35.7. The third-order valence-corrected chi connectivity index (χ3v) is 8.50. The first kappa shape index (κ1) is 28.7. The number of aromatic nitrogens is 2. The fourth-order valence-corrected chi connectivity index (χ4v) is 5.39. The highest BCUT2D eigenvalue weighted by Crippen LogP contribution is 2.26. The molecule has 0 radical (unpaired) electrons. The number of para-hydroxylation sites is 2. The number of rotatable bonds is 8. The molecule has 4 aromatic rings. The highest BCUT2D eigenvalue weighted by molar-refractivity contribution is 7.92. The molecule has 208 valence electrons. The number of sulfonamides is 1. The fourth-order valence-electron chi connectivity index (χ4n) is 3.97. The van der Waals surface area contributed by atoms with Crippen LogP contribution in [0.3, 0.4) is 0 Å². The number of carbonyl (C=O) groups excluding carboxylic acids is 2. The summed E-state index contributed by atoms with van der Waals surface area (Å²) in [4.78, 5) is 38.8. The number of carbonyl (C=O) groups is 2. The third-order valence-electron chi connectivity index (χ3n) is 6.39. The van der Waals surface area contributed by atoms with Gasteiger partial charge in [0.25, 0.3) is 21.5 Å². The molecular weight excluding hydrogens is 556 g/mol. The quantitative estimate of drug-likeness (QED) is 0.312. The smallest absolute Gasteiger partial charge is 0.340 e. The number of nitrogens with one attached hydrogen (secondary N) is 1. The first-order valence-corrected chi connectivity index (χ1v) is 13.9. The number of ether oxygens (including phenoxy) is 1. The maximum atomic E-state index is 13.2. The molecule has 0 saturated heterocycles. The molecule has 0 aliphatic carbocycles. The fraction of sp³-hybridized carbons (Fsp3) is 0.179. The number of hydrogen-bond donors (Lipinski definition) is 1. The van der Waals surface area contributed by atoms with Crippen molar-refractivity contribution < 1.29 is 22.7 Å². The first-order valence-electron chi connectivity index (χ1n) is 12.1. The number of halogens is 1. The van der Waals surface area contributed by atoms with Gasteiger partial charge in [0.2, 0.25) is 0 Å². The molecule has 1 heterocycles. The minimum absolute atomic E-state index is 0.0364. The maximum Gasteiger partial charge on any atom is 0.340 e. The van der Waals surface area contributed by atoms with Crippen LogP contribution in [0.1, 0.15) is 23.0 Å². The van der Waals surface area contributed by atoms with Crippen LogP contribution in [0.15, 0.2) is 88.6 Å². The second kappa shape index (κ2) is 11.4. The summed E-state index contributed by atoms with van der Waals surface area (Å²) in [6.45, 7) is 3.00. The summed E-state index contributed by atoms with van der Waals surface area (Å²) in [5.41, 5.74) is 0.876. The molecule has 0 saturated carbocycles. The van der Waals surface area contributed by atoms with Crippen molar-refractivity contribution >= 4 is 44.9 Å². The van der Waals surface area contributed by atoms with Crippen LogP contribution in [0.5, 0.6) is 0 Å². The van der Waals surface area contributed by atoms with Crippen molar-refractivity contribution in [2.24, 2.45) is 7.05 Å². The molecule has 1 aromatic heterocycles. The van der Waals surface area contributed by atoms with Crippen LogP contribution in [0.2, 0.25) is 5.02 Å². The highest BCUT2D eigenvalue weighted by atomic mass is 35.5. The number of benzene rings is 3. The third kappa shape index (κ3) is 5.51. The van der Waals surface area contributed by atoms with Crippen molar-refractivity contribution in [1.29, 1.82) is 0 Å². The lowest BCUT2D eigenvalue weighted by Crippen LogP contribution is -2.32. The van der Waals surface area contributed by atoms with Crippen LogP contribution in [0.25, 0.3) is 5.69 Å². The molecule has 0 aliphatic rings. The van der Waals surface area contributed by atoms with Gasteiger partial charge in [-0.1, -0.05) is 48.0 Å². The molecule has 1 N–H and O–H groups in total. The van der Waals surface area contributed by atoms with Gasteiger partial charge in [-0.2, -0.15) is 0 Å². The van der Waals surface area contributed by atoms with E-state index in [0.29, 0.717) is 17.1 Å². The molecule has 12 heteroatoms. The zero-order valence-corrected chi connectivity index (χ0v) is 23.7. The van der Waals surface area contributed by atoms with Gasteiger partial charge in [-0.05, 0) is 56.3 Å². The Bertz CT molecular complexity index is 1730. The highest BCUT2D eigenvalue weighted by Gasteiger charge is 2.27. The van der Waals surface area contributed by atoms with Gasteiger partial charge in [0.15, 0.2) is 6.10 Å². The molecule has 1 atom stereocenters. The van der Waals surface area contributed by atoms with Gasteiger partial charge in [-0.25, -0.2) is 17.9 Å². The molecule has 1 unspecified atom stereocenters. The Hall–Kier alpha value is -4.35. The van der Waals surface area contributed by atoms with E-state index in [2.05, 4.69) is 5.32 Å². The van der Waals surface area contributed by atoms with E-state index < -0.39 is 33.6 Å². The maximum absolute atomic E-state index is 13.2. The molecule has 1 amide bonds. The molecule has 4 rings (SSSR count). The Balaban J connectivity index is 1.53. The standard InChI is InChI=1S/C28H27ClN4O6S/c1-18-25(27(35)33(31(18)3)21-13-9-6-10-14-21)30-26(34)19(2)39-28(36)23-17-22(15-16-24(23)29)40(37,38)32(4)20-11-7-5-8-12-20/h5-17,19H,1-4H3,(H,30,34). The average molecular weight is 583 g/mol. The predicted octanol–water partition coefficient (Wildman–Crippen LogP) is 4.15.